The zero-order valence-electron chi connectivity index (χ0n) is 14.2. The molecule has 1 fully saturated rings. The van der Waals surface area contributed by atoms with Gasteiger partial charge in [0.1, 0.15) is 5.75 Å². The summed E-state index contributed by atoms with van der Waals surface area (Å²) in [5, 5.41) is 9.24. The summed E-state index contributed by atoms with van der Waals surface area (Å²) in [7, 11) is 0. The quantitative estimate of drug-likeness (QED) is 0.690. The van der Waals surface area contributed by atoms with Gasteiger partial charge in [0, 0.05) is 5.92 Å². The van der Waals surface area contributed by atoms with E-state index in [9.17, 15) is 9.90 Å². The molecule has 4 nitrogen and oxygen atoms in total. The standard InChI is InChI=1S/C19H28O4/c1-3-5-7-15(6-4-2)17-9-8-16(19(20)21)10-18(17)23-13-14-11-22-12-14/h8-10,14-15H,3-7,11-13H2,1-2H3,(H,20,21). The molecule has 1 saturated heterocycles. The molecule has 1 aliphatic heterocycles. The number of aromatic carboxylic acids is 1. The van der Waals surface area contributed by atoms with Crippen LogP contribution in [-0.2, 0) is 4.74 Å². The van der Waals surface area contributed by atoms with Crippen LogP contribution in [0.5, 0.6) is 5.75 Å². The molecule has 1 N–H and O–H groups in total. The number of benzene rings is 1. The first-order valence-electron chi connectivity index (χ1n) is 8.73. The normalized spacial score (nSPS) is 15.9. The molecule has 0 aromatic heterocycles. The number of carboxylic acid groups (broad SMARTS) is 1. The van der Waals surface area contributed by atoms with E-state index in [0.717, 1.165) is 43.8 Å². The van der Waals surface area contributed by atoms with Gasteiger partial charge in [0.2, 0.25) is 0 Å². The molecular weight excluding hydrogens is 292 g/mol. The lowest BCUT2D eigenvalue weighted by Gasteiger charge is -2.27. The fraction of sp³-hybridized carbons (Fsp3) is 0.632. The average molecular weight is 320 g/mol. The summed E-state index contributed by atoms with van der Waals surface area (Å²) in [5.74, 6) is 0.701. The van der Waals surface area contributed by atoms with Crippen LogP contribution in [-0.4, -0.2) is 30.9 Å². The minimum Gasteiger partial charge on any atom is -0.493 e. The van der Waals surface area contributed by atoms with Crippen LogP contribution in [0, 0.1) is 5.92 Å². The highest BCUT2D eigenvalue weighted by molar-refractivity contribution is 5.88. The lowest BCUT2D eigenvalue weighted by atomic mass is 9.88. The van der Waals surface area contributed by atoms with Crippen molar-refractivity contribution in [3.8, 4) is 5.75 Å². The van der Waals surface area contributed by atoms with E-state index in [0.29, 0.717) is 24.0 Å². The highest BCUT2D eigenvalue weighted by Gasteiger charge is 2.22. The monoisotopic (exact) mass is 320 g/mol. The summed E-state index contributed by atoms with van der Waals surface area (Å²) in [5.41, 5.74) is 1.45. The van der Waals surface area contributed by atoms with Crippen molar-refractivity contribution >= 4 is 5.97 Å². The second kappa shape index (κ2) is 8.92. The van der Waals surface area contributed by atoms with Crippen LogP contribution in [0.15, 0.2) is 18.2 Å². The smallest absolute Gasteiger partial charge is 0.335 e. The number of carbonyl (C=O) groups is 1. The van der Waals surface area contributed by atoms with Crippen molar-refractivity contribution in [1.29, 1.82) is 0 Å². The molecule has 2 rings (SSSR count). The van der Waals surface area contributed by atoms with Gasteiger partial charge in [0.15, 0.2) is 0 Å². The Hall–Kier alpha value is -1.55. The minimum absolute atomic E-state index is 0.291. The van der Waals surface area contributed by atoms with Crippen molar-refractivity contribution in [3.63, 3.8) is 0 Å². The molecule has 0 spiro atoms. The van der Waals surface area contributed by atoms with Gasteiger partial charge >= 0.3 is 5.97 Å². The van der Waals surface area contributed by atoms with E-state index in [4.69, 9.17) is 9.47 Å². The van der Waals surface area contributed by atoms with Gasteiger partial charge in [-0.05, 0) is 36.5 Å². The first-order chi connectivity index (χ1) is 11.2. The van der Waals surface area contributed by atoms with E-state index in [1.54, 1.807) is 12.1 Å². The van der Waals surface area contributed by atoms with Crippen molar-refractivity contribution in [1.82, 2.24) is 0 Å². The zero-order valence-corrected chi connectivity index (χ0v) is 14.2. The molecule has 1 aromatic rings. The van der Waals surface area contributed by atoms with Crippen molar-refractivity contribution in [2.24, 2.45) is 5.92 Å². The van der Waals surface area contributed by atoms with Crippen LogP contribution in [0.25, 0.3) is 0 Å². The molecule has 128 valence electrons. The number of unbranched alkanes of at least 4 members (excludes halogenated alkanes) is 1. The maximum Gasteiger partial charge on any atom is 0.335 e. The molecule has 0 amide bonds. The molecule has 0 bridgehead atoms. The third-order valence-corrected chi connectivity index (χ3v) is 4.43. The zero-order chi connectivity index (χ0) is 16.7. The molecular formula is C19H28O4. The van der Waals surface area contributed by atoms with E-state index in [2.05, 4.69) is 13.8 Å². The molecule has 0 aliphatic carbocycles. The number of ether oxygens (including phenoxy) is 2. The molecule has 0 saturated carbocycles. The van der Waals surface area contributed by atoms with Gasteiger partial charge in [-0.1, -0.05) is 39.2 Å². The third kappa shape index (κ3) is 4.96. The summed E-state index contributed by atoms with van der Waals surface area (Å²) in [6, 6.07) is 5.34. The van der Waals surface area contributed by atoms with Crippen LogP contribution in [0.3, 0.4) is 0 Å². The van der Waals surface area contributed by atoms with Crippen molar-refractivity contribution in [2.45, 2.75) is 51.9 Å². The van der Waals surface area contributed by atoms with Gasteiger partial charge in [-0.15, -0.1) is 0 Å². The van der Waals surface area contributed by atoms with Gasteiger partial charge in [-0.2, -0.15) is 0 Å². The summed E-state index contributed by atoms with van der Waals surface area (Å²) < 4.78 is 11.2. The average Bonchev–Trinajstić information content (AvgIpc) is 2.50. The Morgan fingerprint density at radius 2 is 2.09 bits per heavy atom. The van der Waals surface area contributed by atoms with Crippen LogP contribution in [0.2, 0.25) is 0 Å². The van der Waals surface area contributed by atoms with Gasteiger partial charge in [-0.25, -0.2) is 4.79 Å². The summed E-state index contributed by atoms with van der Waals surface area (Å²) in [6.45, 7) is 6.47. The lowest BCUT2D eigenvalue weighted by molar-refractivity contribution is -0.0510. The Labute approximate surface area is 138 Å². The molecule has 1 aromatic carbocycles. The van der Waals surface area contributed by atoms with E-state index in [-0.39, 0.29) is 0 Å². The first-order valence-corrected chi connectivity index (χ1v) is 8.73. The summed E-state index contributed by atoms with van der Waals surface area (Å²) >= 11 is 0. The maximum atomic E-state index is 11.3. The predicted molar refractivity (Wildman–Crippen MR) is 90.4 cm³/mol. The Bertz CT molecular complexity index is 508. The Kier molecular flexibility index (Phi) is 6.90. The largest absolute Gasteiger partial charge is 0.493 e. The van der Waals surface area contributed by atoms with E-state index in [1.165, 1.54) is 12.8 Å². The number of hydrogen-bond acceptors (Lipinski definition) is 3. The highest BCUT2D eigenvalue weighted by Crippen LogP contribution is 2.35. The van der Waals surface area contributed by atoms with Gasteiger partial charge < -0.3 is 14.6 Å². The van der Waals surface area contributed by atoms with Crippen molar-refractivity contribution < 1.29 is 19.4 Å². The lowest BCUT2D eigenvalue weighted by Crippen LogP contribution is -2.32. The van der Waals surface area contributed by atoms with Gasteiger partial charge in [0.25, 0.3) is 0 Å². The van der Waals surface area contributed by atoms with Crippen LogP contribution in [0.4, 0.5) is 0 Å². The molecule has 23 heavy (non-hydrogen) atoms. The summed E-state index contributed by atoms with van der Waals surface area (Å²) in [4.78, 5) is 11.3. The molecule has 1 aliphatic rings. The second-order valence-corrected chi connectivity index (χ2v) is 6.40. The second-order valence-electron chi connectivity index (χ2n) is 6.40. The molecule has 1 heterocycles. The maximum absolute atomic E-state index is 11.3. The number of hydrogen-bond donors (Lipinski definition) is 1. The van der Waals surface area contributed by atoms with Crippen LogP contribution < -0.4 is 4.74 Å². The number of carboxylic acids is 1. The van der Waals surface area contributed by atoms with E-state index >= 15 is 0 Å². The number of rotatable bonds is 10. The van der Waals surface area contributed by atoms with E-state index in [1.807, 2.05) is 6.07 Å². The predicted octanol–water partition coefficient (Wildman–Crippen LogP) is 4.48. The van der Waals surface area contributed by atoms with Gasteiger partial charge in [-0.3, -0.25) is 0 Å². The SMILES string of the molecule is CCCCC(CCC)c1ccc(C(=O)O)cc1OCC1COC1. The fourth-order valence-corrected chi connectivity index (χ4v) is 2.97. The molecule has 1 unspecified atom stereocenters. The Morgan fingerprint density at radius 1 is 1.30 bits per heavy atom. The fourth-order valence-electron chi connectivity index (χ4n) is 2.97. The van der Waals surface area contributed by atoms with Crippen LogP contribution in [0.1, 0.15) is 67.8 Å². The topological polar surface area (TPSA) is 55.8 Å². The van der Waals surface area contributed by atoms with Crippen LogP contribution >= 0.6 is 0 Å². The van der Waals surface area contributed by atoms with E-state index < -0.39 is 5.97 Å². The molecule has 1 atom stereocenters. The van der Waals surface area contributed by atoms with Gasteiger partial charge in [0.05, 0.1) is 25.4 Å². The highest BCUT2D eigenvalue weighted by atomic mass is 16.5. The Morgan fingerprint density at radius 3 is 2.65 bits per heavy atom. The third-order valence-electron chi connectivity index (χ3n) is 4.43. The summed E-state index contributed by atoms with van der Waals surface area (Å²) in [6.07, 6.45) is 5.70. The Balaban J connectivity index is 2.20. The molecule has 0 radical (unpaired) electrons. The minimum atomic E-state index is -0.908. The first kappa shape index (κ1) is 17.8. The van der Waals surface area contributed by atoms with Crippen molar-refractivity contribution in [2.75, 3.05) is 19.8 Å². The van der Waals surface area contributed by atoms with Crippen molar-refractivity contribution in [3.05, 3.63) is 29.3 Å². The molecule has 4 heteroatoms.